The minimum Gasteiger partial charge on any atom is -0.497 e. The van der Waals surface area contributed by atoms with Gasteiger partial charge in [-0.2, -0.15) is 0 Å². The molecule has 0 spiro atoms. The number of hydrogen-bond acceptors (Lipinski definition) is 5. The quantitative estimate of drug-likeness (QED) is 0.670. The molecule has 0 heterocycles. The van der Waals surface area contributed by atoms with E-state index < -0.39 is 11.8 Å². The number of amides is 3. The third kappa shape index (κ3) is 5.74. The largest absolute Gasteiger partial charge is 0.497 e. The van der Waals surface area contributed by atoms with E-state index in [1.165, 1.54) is 14.0 Å². The standard InChI is InChI=1S/C19H21N3O5/c1-12(23)20-15-7-4-13(5-8-15)19(25)22-21-18(24)10-14-6-9-16(26-2)11-17(14)27-3/h4-9,11H,10H2,1-3H3,(H,20,23)(H,21,24)(H,22,25). The zero-order chi connectivity index (χ0) is 19.8. The summed E-state index contributed by atoms with van der Waals surface area (Å²) in [6.45, 7) is 1.40. The van der Waals surface area contributed by atoms with Crippen molar-refractivity contribution in [2.75, 3.05) is 19.5 Å². The molecule has 0 aromatic heterocycles. The number of methoxy groups -OCH3 is 2. The van der Waals surface area contributed by atoms with Crippen LogP contribution in [0.25, 0.3) is 0 Å². The van der Waals surface area contributed by atoms with Crippen molar-refractivity contribution in [3.8, 4) is 11.5 Å². The van der Waals surface area contributed by atoms with Crippen LogP contribution in [0, 0.1) is 0 Å². The van der Waals surface area contributed by atoms with Gasteiger partial charge >= 0.3 is 0 Å². The summed E-state index contributed by atoms with van der Waals surface area (Å²) in [4.78, 5) is 35.2. The van der Waals surface area contributed by atoms with Crippen LogP contribution in [0.5, 0.6) is 11.5 Å². The first-order valence-corrected chi connectivity index (χ1v) is 8.10. The Labute approximate surface area is 156 Å². The van der Waals surface area contributed by atoms with E-state index in [-0.39, 0.29) is 12.3 Å². The minimum absolute atomic E-state index is 0.0227. The van der Waals surface area contributed by atoms with E-state index in [0.717, 1.165) is 0 Å². The number of carbonyl (C=O) groups excluding carboxylic acids is 3. The van der Waals surface area contributed by atoms with Crippen molar-refractivity contribution in [3.05, 3.63) is 53.6 Å². The molecule has 0 aliphatic rings. The van der Waals surface area contributed by atoms with E-state index in [1.807, 2.05) is 0 Å². The molecule has 27 heavy (non-hydrogen) atoms. The second-order valence-electron chi connectivity index (χ2n) is 5.62. The maximum Gasteiger partial charge on any atom is 0.269 e. The van der Waals surface area contributed by atoms with Gasteiger partial charge in [0.15, 0.2) is 0 Å². The highest BCUT2D eigenvalue weighted by molar-refractivity contribution is 5.96. The van der Waals surface area contributed by atoms with Crippen molar-refractivity contribution in [2.45, 2.75) is 13.3 Å². The third-order valence-corrected chi connectivity index (χ3v) is 3.63. The first-order valence-electron chi connectivity index (χ1n) is 8.10. The molecule has 8 heteroatoms. The Morgan fingerprint density at radius 1 is 0.926 bits per heavy atom. The van der Waals surface area contributed by atoms with Crippen LogP contribution in [0.3, 0.4) is 0 Å². The molecule has 0 saturated heterocycles. The molecule has 3 N–H and O–H groups in total. The van der Waals surface area contributed by atoms with Gasteiger partial charge in [0.2, 0.25) is 11.8 Å². The SMILES string of the molecule is COc1ccc(CC(=O)NNC(=O)c2ccc(NC(C)=O)cc2)c(OC)c1. The second kappa shape index (κ2) is 9.23. The Morgan fingerprint density at radius 2 is 1.63 bits per heavy atom. The second-order valence-corrected chi connectivity index (χ2v) is 5.62. The topological polar surface area (TPSA) is 106 Å². The van der Waals surface area contributed by atoms with Crippen molar-refractivity contribution in [1.29, 1.82) is 0 Å². The Morgan fingerprint density at radius 3 is 2.22 bits per heavy atom. The van der Waals surface area contributed by atoms with Gasteiger partial charge in [-0.25, -0.2) is 0 Å². The van der Waals surface area contributed by atoms with Gasteiger partial charge in [-0.1, -0.05) is 6.07 Å². The average Bonchev–Trinajstić information content (AvgIpc) is 2.66. The highest BCUT2D eigenvalue weighted by atomic mass is 16.5. The van der Waals surface area contributed by atoms with Crippen LogP contribution < -0.4 is 25.6 Å². The lowest BCUT2D eigenvalue weighted by Gasteiger charge is -2.11. The fourth-order valence-electron chi connectivity index (χ4n) is 2.32. The van der Waals surface area contributed by atoms with Crippen LogP contribution >= 0.6 is 0 Å². The van der Waals surface area contributed by atoms with Crippen molar-refractivity contribution in [3.63, 3.8) is 0 Å². The van der Waals surface area contributed by atoms with Crippen LogP contribution in [-0.2, 0) is 16.0 Å². The highest BCUT2D eigenvalue weighted by Crippen LogP contribution is 2.24. The zero-order valence-corrected chi connectivity index (χ0v) is 15.3. The zero-order valence-electron chi connectivity index (χ0n) is 15.3. The number of carbonyl (C=O) groups is 3. The van der Waals surface area contributed by atoms with Crippen molar-refractivity contribution in [1.82, 2.24) is 10.9 Å². The summed E-state index contributed by atoms with van der Waals surface area (Å²) in [5.74, 6) is 0.0611. The molecule has 0 saturated carbocycles. The Bertz CT molecular complexity index is 834. The molecule has 8 nitrogen and oxygen atoms in total. The van der Waals surface area contributed by atoms with Gasteiger partial charge in [0, 0.05) is 29.8 Å². The predicted octanol–water partition coefficient (Wildman–Crippen LogP) is 1.67. The molecule has 0 aliphatic heterocycles. The van der Waals surface area contributed by atoms with Crippen LogP contribution in [0.2, 0.25) is 0 Å². The first-order chi connectivity index (χ1) is 12.9. The average molecular weight is 371 g/mol. The van der Waals surface area contributed by atoms with E-state index in [9.17, 15) is 14.4 Å². The van der Waals surface area contributed by atoms with Crippen LogP contribution in [0.15, 0.2) is 42.5 Å². The van der Waals surface area contributed by atoms with E-state index in [0.29, 0.717) is 28.3 Å². The number of anilines is 1. The normalized spacial score (nSPS) is 9.89. The lowest BCUT2D eigenvalue weighted by Crippen LogP contribution is -2.42. The number of rotatable bonds is 6. The van der Waals surface area contributed by atoms with Gasteiger partial charge in [0.05, 0.1) is 20.6 Å². The molecule has 0 fully saturated rings. The smallest absolute Gasteiger partial charge is 0.269 e. The summed E-state index contributed by atoms with van der Waals surface area (Å²) in [5, 5.41) is 2.61. The van der Waals surface area contributed by atoms with Gasteiger partial charge in [0.1, 0.15) is 11.5 Å². The molecule has 0 unspecified atom stereocenters. The molecule has 0 bridgehead atoms. The number of hydrazine groups is 1. The van der Waals surface area contributed by atoms with Crippen molar-refractivity contribution >= 4 is 23.4 Å². The maximum absolute atomic E-state index is 12.1. The summed E-state index contributed by atoms with van der Waals surface area (Å²) >= 11 is 0. The fraction of sp³-hybridized carbons (Fsp3) is 0.211. The molecule has 2 aromatic rings. The number of ether oxygens (including phenoxy) is 2. The predicted molar refractivity (Wildman–Crippen MR) is 99.6 cm³/mol. The molecule has 0 atom stereocenters. The highest BCUT2D eigenvalue weighted by Gasteiger charge is 2.12. The number of hydrogen-bond donors (Lipinski definition) is 3. The van der Waals surface area contributed by atoms with E-state index in [1.54, 1.807) is 49.6 Å². The van der Waals surface area contributed by atoms with E-state index >= 15 is 0 Å². The molecule has 3 amide bonds. The van der Waals surface area contributed by atoms with Gasteiger partial charge in [-0.3, -0.25) is 25.2 Å². The summed E-state index contributed by atoms with van der Waals surface area (Å²) in [5.41, 5.74) is 6.28. The van der Waals surface area contributed by atoms with Crippen molar-refractivity contribution < 1.29 is 23.9 Å². The van der Waals surface area contributed by atoms with Crippen LogP contribution in [0.1, 0.15) is 22.8 Å². The Kier molecular flexibility index (Phi) is 6.76. The fourth-order valence-corrected chi connectivity index (χ4v) is 2.32. The maximum atomic E-state index is 12.1. The van der Waals surface area contributed by atoms with Gasteiger partial charge in [-0.05, 0) is 30.3 Å². The summed E-state index contributed by atoms with van der Waals surface area (Å²) in [6.07, 6.45) is 0.0227. The van der Waals surface area contributed by atoms with E-state index in [2.05, 4.69) is 16.2 Å². The van der Waals surface area contributed by atoms with Gasteiger partial charge in [-0.15, -0.1) is 0 Å². The molecule has 2 rings (SSSR count). The minimum atomic E-state index is -0.473. The monoisotopic (exact) mass is 371 g/mol. The van der Waals surface area contributed by atoms with Crippen LogP contribution in [0.4, 0.5) is 5.69 Å². The Hall–Kier alpha value is -3.55. The summed E-state index contributed by atoms with van der Waals surface area (Å²) < 4.78 is 10.4. The summed E-state index contributed by atoms with van der Waals surface area (Å²) in [7, 11) is 3.04. The molecule has 2 aromatic carbocycles. The van der Waals surface area contributed by atoms with Gasteiger partial charge in [0.25, 0.3) is 5.91 Å². The molecular weight excluding hydrogens is 350 g/mol. The summed E-state index contributed by atoms with van der Waals surface area (Å²) in [6, 6.07) is 11.4. The molecular formula is C19H21N3O5. The first kappa shape index (κ1) is 19.8. The lowest BCUT2D eigenvalue weighted by atomic mass is 10.1. The molecule has 0 radical (unpaired) electrons. The molecule has 0 aliphatic carbocycles. The van der Waals surface area contributed by atoms with Crippen LogP contribution in [-0.4, -0.2) is 31.9 Å². The third-order valence-electron chi connectivity index (χ3n) is 3.63. The molecule has 142 valence electrons. The number of benzene rings is 2. The number of nitrogens with one attached hydrogen (secondary N) is 3. The lowest BCUT2D eigenvalue weighted by molar-refractivity contribution is -0.121. The van der Waals surface area contributed by atoms with Crippen molar-refractivity contribution in [2.24, 2.45) is 0 Å². The Balaban J connectivity index is 1.91. The van der Waals surface area contributed by atoms with E-state index in [4.69, 9.17) is 9.47 Å². The van der Waals surface area contributed by atoms with Gasteiger partial charge < -0.3 is 14.8 Å².